The second-order valence-corrected chi connectivity index (χ2v) is 12.2. The largest absolute Gasteiger partial charge is 0.444 e. The molecule has 1 aromatic rings. The summed E-state index contributed by atoms with van der Waals surface area (Å²) in [5.41, 5.74) is 2.16. The second kappa shape index (κ2) is 15.7. The number of amides is 3. The van der Waals surface area contributed by atoms with Gasteiger partial charge in [-0.3, -0.25) is 9.59 Å². The molecule has 1 rings (SSSR count). The highest BCUT2D eigenvalue weighted by molar-refractivity contribution is 5.92. The SMILES string of the molecule is CCCCCCCN(C(=O)C(CC(C)C)NC(=O)OC(C)(C)C)C(C(=O)NC(C)C)c1ccc(C)cc1C. The highest BCUT2D eigenvalue weighted by Crippen LogP contribution is 2.28. The van der Waals surface area contributed by atoms with E-state index in [9.17, 15) is 14.4 Å². The van der Waals surface area contributed by atoms with E-state index < -0.39 is 23.8 Å². The fourth-order valence-electron chi connectivity index (χ4n) is 4.54. The number of carbonyl (C=O) groups is 3. The highest BCUT2D eigenvalue weighted by Gasteiger charge is 2.37. The summed E-state index contributed by atoms with van der Waals surface area (Å²) in [7, 11) is 0. The fourth-order valence-corrected chi connectivity index (χ4v) is 4.54. The predicted octanol–water partition coefficient (Wildman–Crippen LogP) is 6.61. The van der Waals surface area contributed by atoms with Crippen molar-refractivity contribution in [3.63, 3.8) is 0 Å². The van der Waals surface area contributed by atoms with Crippen LogP contribution in [0.3, 0.4) is 0 Å². The van der Waals surface area contributed by atoms with Gasteiger partial charge in [-0.1, -0.05) is 70.2 Å². The molecule has 2 unspecified atom stereocenters. The number of ether oxygens (including phenoxy) is 1. The van der Waals surface area contributed by atoms with E-state index in [0.29, 0.717) is 13.0 Å². The zero-order valence-corrected chi connectivity index (χ0v) is 25.6. The average Bonchev–Trinajstić information content (AvgIpc) is 2.76. The number of hydrogen-bond acceptors (Lipinski definition) is 4. The number of nitrogens with one attached hydrogen (secondary N) is 2. The molecule has 0 fully saturated rings. The zero-order valence-electron chi connectivity index (χ0n) is 25.6. The summed E-state index contributed by atoms with van der Waals surface area (Å²) in [5, 5.41) is 5.86. The van der Waals surface area contributed by atoms with Crippen molar-refractivity contribution in [2.75, 3.05) is 6.54 Å². The number of rotatable bonds is 14. The number of aryl methyl sites for hydroxylation is 2. The normalized spacial score (nSPS) is 13.3. The third kappa shape index (κ3) is 11.9. The first-order valence-corrected chi connectivity index (χ1v) is 14.3. The van der Waals surface area contributed by atoms with Gasteiger partial charge in [-0.15, -0.1) is 0 Å². The highest BCUT2D eigenvalue weighted by atomic mass is 16.6. The van der Waals surface area contributed by atoms with Gasteiger partial charge in [0.15, 0.2) is 0 Å². The van der Waals surface area contributed by atoms with Crippen LogP contribution >= 0.6 is 0 Å². The number of benzene rings is 1. The molecule has 0 aliphatic rings. The van der Waals surface area contributed by atoms with Crippen molar-refractivity contribution in [3.8, 4) is 0 Å². The summed E-state index contributed by atoms with van der Waals surface area (Å²) in [6.07, 6.45) is 4.90. The van der Waals surface area contributed by atoms with Gasteiger partial charge in [0, 0.05) is 12.6 Å². The van der Waals surface area contributed by atoms with Gasteiger partial charge in [-0.2, -0.15) is 0 Å². The zero-order chi connectivity index (χ0) is 29.0. The van der Waals surface area contributed by atoms with Crippen molar-refractivity contribution < 1.29 is 19.1 Å². The first-order chi connectivity index (χ1) is 17.7. The third-order valence-electron chi connectivity index (χ3n) is 6.19. The van der Waals surface area contributed by atoms with E-state index in [4.69, 9.17) is 4.74 Å². The van der Waals surface area contributed by atoms with E-state index in [2.05, 4.69) is 17.6 Å². The lowest BCUT2D eigenvalue weighted by Gasteiger charge is -2.36. The summed E-state index contributed by atoms with van der Waals surface area (Å²) in [5.74, 6) is -0.326. The summed E-state index contributed by atoms with van der Waals surface area (Å²) >= 11 is 0. The Balaban J connectivity index is 3.52. The van der Waals surface area contributed by atoms with Crippen LogP contribution < -0.4 is 10.6 Å². The van der Waals surface area contributed by atoms with Gasteiger partial charge in [-0.25, -0.2) is 4.79 Å². The van der Waals surface area contributed by atoms with Crippen molar-refractivity contribution in [2.24, 2.45) is 5.92 Å². The van der Waals surface area contributed by atoms with Crippen LogP contribution in [0.2, 0.25) is 0 Å². The average molecular weight is 532 g/mol. The minimum atomic E-state index is -0.805. The van der Waals surface area contributed by atoms with Gasteiger partial charge in [0.05, 0.1) is 0 Å². The number of unbranched alkanes of at least 4 members (excludes halogenated alkanes) is 4. The standard InChI is InChI=1S/C31H53N3O4/c1-11-12-13-14-15-18-34(29(36)26(19-21(2)3)33-30(37)38-31(8,9)10)27(28(35)32-22(4)5)25-17-16-23(6)20-24(25)7/h16-17,20-22,26-27H,11-15,18-19H2,1-10H3,(H,32,35)(H,33,37). The smallest absolute Gasteiger partial charge is 0.408 e. The van der Waals surface area contributed by atoms with E-state index in [1.165, 1.54) is 0 Å². The Bertz CT molecular complexity index is 905. The van der Waals surface area contributed by atoms with Crippen molar-refractivity contribution in [2.45, 2.75) is 131 Å². The lowest BCUT2D eigenvalue weighted by molar-refractivity contribution is -0.143. The first-order valence-electron chi connectivity index (χ1n) is 14.3. The van der Waals surface area contributed by atoms with Crippen LogP contribution in [0, 0.1) is 19.8 Å². The van der Waals surface area contributed by atoms with Crippen LogP contribution in [0.1, 0.15) is 117 Å². The van der Waals surface area contributed by atoms with Gasteiger partial charge in [0.1, 0.15) is 17.7 Å². The Morgan fingerprint density at radius 3 is 2.11 bits per heavy atom. The molecule has 216 valence electrons. The first kappa shape index (κ1) is 33.5. The molecule has 0 bridgehead atoms. The second-order valence-electron chi connectivity index (χ2n) is 12.2. The Kier molecular flexibility index (Phi) is 13.9. The Hall–Kier alpha value is -2.57. The molecule has 2 atom stereocenters. The van der Waals surface area contributed by atoms with Gasteiger partial charge in [0.25, 0.3) is 0 Å². The molecule has 1 aromatic carbocycles. The van der Waals surface area contributed by atoms with E-state index in [1.807, 2.05) is 59.7 Å². The molecular weight excluding hydrogens is 478 g/mol. The van der Waals surface area contributed by atoms with E-state index >= 15 is 0 Å². The lowest BCUT2D eigenvalue weighted by Crippen LogP contribution is -2.54. The summed E-state index contributed by atoms with van der Waals surface area (Å²) < 4.78 is 5.48. The molecule has 0 radical (unpaired) electrons. The molecule has 0 spiro atoms. The Labute approximate surface area is 231 Å². The van der Waals surface area contributed by atoms with Crippen molar-refractivity contribution >= 4 is 17.9 Å². The maximum Gasteiger partial charge on any atom is 0.408 e. The van der Waals surface area contributed by atoms with Crippen molar-refractivity contribution in [1.29, 1.82) is 0 Å². The quantitative estimate of drug-likeness (QED) is 0.265. The number of hydrogen-bond donors (Lipinski definition) is 2. The molecular formula is C31H53N3O4. The number of nitrogens with zero attached hydrogens (tertiary/aromatic N) is 1. The minimum absolute atomic E-state index is 0.0800. The van der Waals surface area contributed by atoms with Gasteiger partial charge < -0.3 is 20.3 Å². The van der Waals surface area contributed by atoms with Crippen LogP contribution in [0.25, 0.3) is 0 Å². The molecule has 0 heterocycles. The van der Waals surface area contributed by atoms with Crippen LogP contribution in [0.5, 0.6) is 0 Å². The van der Waals surface area contributed by atoms with Gasteiger partial charge >= 0.3 is 6.09 Å². The van der Waals surface area contributed by atoms with Crippen LogP contribution in [0.4, 0.5) is 4.79 Å². The van der Waals surface area contributed by atoms with Crippen LogP contribution in [-0.4, -0.2) is 47.0 Å². The summed E-state index contributed by atoms with van der Waals surface area (Å²) in [4.78, 5) is 42.4. The fraction of sp³-hybridized carbons (Fsp3) is 0.710. The summed E-state index contributed by atoms with van der Waals surface area (Å²) in [6.45, 7) is 19.8. The van der Waals surface area contributed by atoms with E-state index in [0.717, 1.165) is 48.8 Å². The third-order valence-corrected chi connectivity index (χ3v) is 6.19. The van der Waals surface area contributed by atoms with E-state index in [1.54, 1.807) is 25.7 Å². The molecule has 2 N–H and O–H groups in total. The molecule has 0 aliphatic carbocycles. The molecule has 7 nitrogen and oxygen atoms in total. The van der Waals surface area contributed by atoms with Crippen LogP contribution in [0.15, 0.2) is 18.2 Å². The molecule has 0 aromatic heterocycles. The van der Waals surface area contributed by atoms with Gasteiger partial charge in [0.2, 0.25) is 11.8 Å². The maximum atomic E-state index is 14.3. The molecule has 7 heteroatoms. The topological polar surface area (TPSA) is 87.7 Å². The maximum absolute atomic E-state index is 14.3. The number of alkyl carbamates (subject to hydrolysis) is 1. The van der Waals surface area contributed by atoms with Crippen molar-refractivity contribution in [1.82, 2.24) is 15.5 Å². The summed E-state index contributed by atoms with van der Waals surface area (Å²) in [6, 6.07) is 4.29. The van der Waals surface area contributed by atoms with Crippen LogP contribution in [-0.2, 0) is 14.3 Å². The van der Waals surface area contributed by atoms with Gasteiger partial charge in [-0.05, 0) is 78.4 Å². The lowest BCUT2D eigenvalue weighted by atomic mass is 9.95. The Morgan fingerprint density at radius 2 is 1.58 bits per heavy atom. The minimum Gasteiger partial charge on any atom is -0.444 e. The van der Waals surface area contributed by atoms with Crippen molar-refractivity contribution in [3.05, 3.63) is 34.9 Å². The molecule has 3 amide bonds. The van der Waals surface area contributed by atoms with E-state index in [-0.39, 0.29) is 23.8 Å². The monoisotopic (exact) mass is 531 g/mol. The molecule has 0 saturated heterocycles. The predicted molar refractivity (Wildman–Crippen MR) is 155 cm³/mol. The molecule has 0 aliphatic heterocycles. The Morgan fingerprint density at radius 1 is 0.947 bits per heavy atom. The number of carbonyl (C=O) groups excluding carboxylic acids is 3. The molecule has 38 heavy (non-hydrogen) atoms. The molecule has 0 saturated carbocycles.